The SMILES string of the molecule is CCCCCCCCC(O)/C=C/C=C/C(=O)O[C@@]12C[C@@H](C)[C@@]3(O)[C@@H](C=C(CO)C[C@]4(O)C(=O)C(C)=C[C@@H]34)[C@H]1C2(C)C. The number of ketones is 1. The van der Waals surface area contributed by atoms with Crippen molar-refractivity contribution in [2.75, 3.05) is 6.61 Å². The van der Waals surface area contributed by atoms with Gasteiger partial charge in [-0.1, -0.05) is 96.6 Å². The average Bonchev–Trinajstić information content (AvgIpc) is 3.32. The number of esters is 1. The van der Waals surface area contributed by atoms with Crippen LogP contribution in [0.5, 0.6) is 0 Å². The van der Waals surface area contributed by atoms with Crippen LogP contribution in [-0.2, 0) is 14.3 Å². The van der Waals surface area contributed by atoms with Gasteiger partial charge in [0.1, 0.15) is 11.2 Å². The van der Waals surface area contributed by atoms with Crippen molar-refractivity contribution >= 4 is 11.8 Å². The van der Waals surface area contributed by atoms with Gasteiger partial charge >= 0.3 is 5.97 Å². The van der Waals surface area contributed by atoms with Crippen LogP contribution in [0, 0.1) is 29.1 Å². The molecule has 4 rings (SSSR count). The van der Waals surface area contributed by atoms with E-state index in [1.165, 1.54) is 31.8 Å². The number of aliphatic hydroxyl groups is 4. The lowest BCUT2D eigenvalue weighted by Gasteiger charge is -2.50. The lowest BCUT2D eigenvalue weighted by Crippen LogP contribution is -2.61. The van der Waals surface area contributed by atoms with Gasteiger partial charge in [0.15, 0.2) is 5.78 Å². The van der Waals surface area contributed by atoms with Crippen LogP contribution in [0.1, 0.15) is 92.4 Å². The van der Waals surface area contributed by atoms with Crippen molar-refractivity contribution in [3.63, 3.8) is 0 Å². The highest BCUT2D eigenvalue weighted by atomic mass is 16.6. The highest BCUT2D eigenvalue weighted by molar-refractivity contribution is 6.04. The fourth-order valence-electron chi connectivity index (χ4n) is 8.37. The molecule has 2 fully saturated rings. The van der Waals surface area contributed by atoms with E-state index in [4.69, 9.17) is 4.74 Å². The summed E-state index contributed by atoms with van der Waals surface area (Å²) in [4.78, 5) is 26.1. The highest BCUT2D eigenvalue weighted by Gasteiger charge is 2.83. The van der Waals surface area contributed by atoms with Gasteiger partial charge in [0.05, 0.1) is 18.3 Å². The van der Waals surface area contributed by atoms with Crippen molar-refractivity contribution < 1.29 is 34.8 Å². The predicted molar refractivity (Wildman–Crippen MR) is 158 cm³/mol. The normalized spacial score (nSPS) is 38.1. The summed E-state index contributed by atoms with van der Waals surface area (Å²) in [6.45, 7) is 9.46. The van der Waals surface area contributed by atoms with Crippen LogP contribution >= 0.6 is 0 Å². The Labute approximate surface area is 245 Å². The van der Waals surface area contributed by atoms with Gasteiger partial charge in [-0.15, -0.1) is 0 Å². The maximum Gasteiger partial charge on any atom is 0.331 e. The van der Waals surface area contributed by atoms with Crippen LogP contribution in [0.2, 0.25) is 0 Å². The van der Waals surface area contributed by atoms with E-state index < -0.39 is 57.8 Å². The van der Waals surface area contributed by atoms with E-state index in [0.29, 0.717) is 24.0 Å². The molecule has 1 unspecified atom stereocenters. The van der Waals surface area contributed by atoms with Gasteiger partial charge in [-0.2, -0.15) is 0 Å². The zero-order valence-electron chi connectivity index (χ0n) is 25.4. The maximum absolute atomic E-state index is 13.1. The van der Waals surface area contributed by atoms with Gasteiger partial charge in [0, 0.05) is 35.7 Å². The molecule has 4 aliphatic rings. The Hall–Kier alpha value is -2.06. The van der Waals surface area contributed by atoms with Crippen LogP contribution in [0.4, 0.5) is 0 Å². The third-order valence-corrected chi connectivity index (χ3v) is 10.7. The molecule has 8 atom stereocenters. The van der Waals surface area contributed by atoms with Gasteiger partial charge < -0.3 is 25.2 Å². The number of unbranched alkanes of at least 4 members (excludes halogenated alkanes) is 5. The first-order valence-corrected chi connectivity index (χ1v) is 15.5. The van der Waals surface area contributed by atoms with Crippen molar-refractivity contribution in [3.8, 4) is 0 Å². The third-order valence-electron chi connectivity index (χ3n) is 10.7. The largest absolute Gasteiger partial charge is 0.455 e. The summed E-state index contributed by atoms with van der Waals surface area (Å²) in [5.74, 6) is -2.89. The molecule has 2 saturated carbocycles. The first-order chi connectivity index (χ1) is 19.3. The molecule has 0 saturated heterocycles. The second-order valence-corrected chi connectivity index (χ2v) is 13.6. The second-order valence-electron chi connectivity index (χ2n) is 13.6. The minimum absolute atomic E-state index is 0.0356. The molecule has 0 aromatic rings. The summed E-state index contributed by atoms with van der Waals surface area (Å²) in [7, 11) is 0. The van der Waals surface area contributed by atoms with Crippen molar-refractivity contribution in [1.82, 2.24) is 0 Å². The van der Waals surface area contributed by atoms with E-state index in [2.05, 4.69) is 6.92 Å². The van der Waals surface area contributed by atoms with Gasteiger partial charge in [-0.25, -0.2) is 4.79 Å². The summed E-state index contributed by atoms with van der Waals surface area (Å²) >= 11 is 0. The molecule has 7 nitrogen and oxygen atoms in total. The van der Waals surface area contributed by atoms with Gasteiger partial charge in [-0.05, 0) is 36.8 Å². The summed E-state index contributed by atoms with van der Waals surface area (Å²) in [5, 5.41) is 44.3. The summed E-state index contributed by atoms with van der Waals surface area (Å²) < 4.78 is 6.17. The molecule has 0 heterocycles. The molecule has 228 valence electrons. The molecule has 0 aromatic heterocycles. The summed E-state index contributed by atoms with van der Waals surface area (Å²) in [6.07, 6.45) is 17.3. The molecule has 7 heteroatoms. The quantitative estimate of drug-likeness (QED) is 0.0879. The van der Waals surface area contributed by atoms with Crippen molar-refractivity contribution in [3.05, 3.63) is 47.6 Å². The first kappa shape index (κ1) is 31.9. The number of carbonyl (C=O) groups is 2. The number of Topliss-reactive ketones (excluding diaryl/α,β-unsaturated/α-hetero) is 1. The van der Waals surface area contributed by atoms with Crippen LogP contribution in [0.15, 0.2) is 47.6 Å². The first-order valence-electron chi connectivity index (χ1n) is 15.5. The number of hydrogen-bond acceptors (Lipinski definition) is 7. The van der Waals surface area contributed by atoms with E-state index in [1.807, 2.05) is 26.8 Å². The average molecular weight is 571 g/mol. The van der Waals surface area contributed by atoms with E-state index in [0.717, 1.165) is 12.8 Å². The van der Waals surface area contributed by atoms with Crippen molar-refractivity contribution in [2.45, 2.75) is 115 Å². The smallest absolute Gasteiger partial charge is 0.331 e. The fourth-order valence-corrected chi connectivity index (χ4v) is 8.37. The Morgan fingerprint density at radius 2 is 1.80 bits per heavy atom. The molecule has 0 aromatic carbocycles. The Morgan fingerprint density at radius 1 is 1.12 bits per heavy atom. The van der Waals surface area contributed by atoms with E-state index in [1.54, 1.807) is 31.2 Å². The number of aliphatic hydroxyl groups excluding tert-OH is 2. The molecule has 0 spiro atoms. The molecule has 0 radical (unpaired) electrons. The van der Waals surface area contributed by atoms with E-state index in [9.17, 15) is 30.0 Å². The molecular weight excluding hydrogens is 520 g/mol. The molecule has 0 aliphatic heterocycles. The standard InChI is InChI=1S/C34H50O7/c1-6-7-8-9-10-11-14-25(36)15-12-13-16-28(37)41-33-19-23(3)34(40)26(29(33)31(33,4)5)18-24(21-35)20-32(39)27(34)17-22(2)30(32)38/h12-13,15-18,23,25-27,29,35-36,39-40H,6-11,14,19-21H2,1-5H3/b15-12+,16-13+/t23-,25?,26+,27-,29+,32-,33+,34-/m1/s1. The van der Waals surface area contributed by atoms with E-state index >= 15 is 0 Å². The monoisotopic (exact) mass is 570 g/mol. The maximum atomic E-state index is 13.1. The number of allylic oxidation sites excluding steroid dienone is 2. The zero-order valence-corrected chi connectivity index (χ0v) is 25.4. The van der Waals surface area contributed by atoms with Crippen LogP contribution in [0.25, 0.3) is 0 Å². The Balaban J connectivity index is 1.46. The Morgan fingerprint density at radius 3 is 2.49 bits per heavy atom. The molecule has 0 bridgehead atoms. The third kappa shape index (κ3) is 5.44. The molecular formula is C34H50O7. The van der Waals surface area contributed by atoms with Crippen LogP contribution < -0.4 is 0 Å². The molecule has 4 aliphatic carbocycles. The fraction of sp³-hybridized carbons (Fsp3) is 0.706. The number of rotatable bonds is 12. The number of ether oxygens (including phenoxy) is 1. The van der Waals surface area contributed by atoms with Gasteiger partial charge in [0.25, 0.3) is 0 Å². The van der Waals surface area contributed by atoms with Gasteiger partial charge in [-0.3, -0.25) is 4.79 Å². The number of fused-ring (bicyclic) bond motifs is 5. The highest BCUT2D eigenvalue weighted by Crippen LogP contribution is 2.76. The Bertz CT molecular complexity index is 1130. The second kappa shape index (κ2) is 11.9. The summed E-state index contributed by atoms with van der Waals surface area (Å²) in [5.41, 5.74) is -3.61. The zero-order chi connectivity index (χ0) is 30.2. The summed E-state index contributed by atoms with van der Waals surface area (Å²) in [6, 6.07) is 0. The van der Waals surface area contributed by atoms with Crippen molar-refractivity contribution in [1.29, 1.82) is 0 Å². The molecule has 4 N–H and O–H groups in total. The van der Waals surface area contributed by atoms with E-state index in [-0.39, 0.29) is 18.9 Å². The minimum atomic E-state index is -1.80. The van der Waals surface area contributed by atoms with Gasteiger partial charge in [0.2, 0.25) is 0 Å². The lowest BCUT2D eigenvalue weighted by molar-refractivity contribution is -0.185. The lowest BCUT2D eigenvalue weighted by atomic mass is 9.60. The number of hydrogen-bond donors (Lipinski definition) is 4. The predicted octanol–water partition coefficient (Wildman–Crippen LogP) is 4.73. The van der Waals surface area contributed by atoms with Crippen LogP contribution in [-0.4, -0.2) is 61.7 Å². The minimum Gasteiger partial charge on any atom is -0.455 e. The molecule has 41 heavy (non-hydrogen) atoms. The topological polar surface area (TPSA) is 124 Å². The Kier molecular flexibility index (Phi) is 9.25. The molecule has 0 amide bonds. The van der Waals surface area contributed by atoms with Crippen LogP contribution in [0.3, 0.4) is 0 Å². The number of carbonyl (C=O) groups excluding carboxylic acids is 2. The van der Waals surface area contributed by atoms with Crippen molar-refractivity contribution in [2.24, 2.45) is 29.1 Å².